The van der Waals surface area contributed by atoms with Gasteiger partial charge >= 0.3 is 5.97 Å². The highest BCUT2D eigenvalue weighted by Gasteiger charge is 2.15. The summed E-state index contributed by atoms with van der Waals surface area (Å²) in [6, 6.07) is 14.8. The van der Waals surface area contributed by atoms with Gasteiger partial charge in [-0.1, -0.05) is 56.6 Å². The van der Waals surface area contributed by atoms with Gasteiger partial charge in [-0.05, 0) is 35.2 Å². The molecule has 0 spiro atoms. The molecule has 3 rings (SSSR count). The highest BCUT2D eigenvalue weighted by Crippen LogP contribution is 2.29. The normalized spacial score (nSPS) is 11.7. The van der Waals surface area contributed by atoms with Crippen molar-refractivity contribution < 1.29 is 9.90 Å². The first-order valence-corrected chi connectivity index (χ1v) is 8.08. The van der Waals surface area contributed by atoms with Gasteiger partial charge in [-0.2, -0.15) is 0 Å². The van der Waals surface area contributed by atoms with E-state index in [0.29, 0.717) is 21.6 Å². The summed E-state index contributed by atoms with van der Waals surface area (Å²) in [5, 5.41) is 10.6. The van der Waals surface area contributed by atoms with Crippen molar-refractivity contribution in [2.24, 2.45) is 0 Å². The fourth-order valence-corrected chi connectivity index (χ4v) is 2.84. The van der Waals surface area contributed by atoms with E-state index in [2.05, 4.69) is 37.9 Å². The van der Waals surface area contributed by atoms with Crippen molar-refractivity contribution in [2.45, 2.75) is 26.2 Å². The second-order valence-corrected chi connectivity index (χ2v) is 7.29. The topological polar surface area (TPSA) is 50.2 Å². The van der Waals surface area contributed by atoms with Crippen molar-refractivity contribution >= 4 is 28.5 Å². The summed E-state index contributed by atoms with van der Waals surface area (Å²) in [5.41, 5.74) is 3.65. The number of hydrogen-bond donors (Lipinski definition) is 1. The van der Waals surface area contributed by atoms with Gasteiger partial charge in [0.2, 0.25) is 0 Å². The number of halogens is 1. The van der Waals surface area contributed by atoms with Gasteiger partial charge in [0.25, 0.3) is 0 Å². The Kier molecular flexibility index (Phi) is 4.06. The van der Waals surface area contributed by atoms with Gasteiger partial charge in [-0.3, -0.25) is 0 Å². The fourth-order valence-electron chi connectivity index (χ4n) is 2.66. The number of carboxylic acid groups (broad SMARTS) is 1. The Morgan fingerprint density at radius 2 is 1.71 bits per heavy atom. The van der Waals surface area contributed by atoms with Crippen LogP contribution in [0.5, 0.6) is 0 Å². The summed E-state index contributed by atoms with van der Waals surface area (Å²) >= 11 is 5.99. The monoisotopic (exact) mass is 339 g/mol. The number of nitrogens with zero attached hydrogens (tertiary/aromatic N) is 1. The van der Waals surface area contributed by atoms with Gasteiger partial charge in [0.15, 0.2) is 0 Å². The van der Waals surface area contributed by atoms with Crippen molar-refractivity contribution in [2.75, 3.05) is 0 Å². The first kappa shape index (κ1) is 16.5. The molecule has 1 aromatic heterocycles. The maximum Gasteiger partial charge on any atom is 0.336 e. The van der Waals surface area contributed by atoms with Crippen LogP contribution in [-0.2, 0) is 5.41 Å². The van der Waals surface area contributed by atoms with Crippen LogP contribution in [0.3, 0.4) is 0 Å². The fraction of sp³-hybridized carbons (Fsp3) is 0.200. The van der Waals surface area contributed by atoms with E-state index in [1.54, 1.807) is 24.3 Å². The lowest BCUT2D eigenvalue weighted by atomic mass is 9.86. The summed E-state index contributed by atoms with van der Waals surface area (Å²) in [7, 11) is 0. The zero-order valence-corrected chi connectivity index (χ0v) is 14.6. The summed E-state index contributed by atoms with van der Waals surface area (Å²) in [6.07, 6.45) is 0. The van der Waals surface area contributed by atoms with E-state index < -0.39 is 5.97 Å². The number of pyridine rings is 1. The van der Waals surface area contributed by atoms with E-state index >= 15 is 0 Å². The highest BCUT2D eigenvalue weighted by atomic mass is 35.5. The lowest BCUT2D eigenvalue weighted by Crippen LogP contribution is -2.10. The molecule has 0 saturated carbocycles. The zero-order chi connectivity index (χ0) is 17.5. The van der Waals surface area contributed by atoms with Crippen LogP contribution in [0.25, 0.3) is 22.2 Å². The molecule has 0 aliphatic rings. The molecule has 0 bridgehead atoms. The first-order chi connectivity index (χ1) is 11.3. The molecule has 0 saturated heterocycles. The SMILES string of the molecule is CC(C)(C)c1ccc(-c2cc(C(=O)O)c3cc(Cl)ccc3n2)cc1. The van der Waals surface area contributed by atoms with Crippen molar-refractivity contribution in [3.05, 3.63) is 64.7 Å². The lowest BCUT2D eigenvalue weighted by molar-refractivity contribution is 0.0699. The molecule has 0 amide bonds. The average Bonchev–Trinajstić information content (AvgIpc) is 2.53. The number of aromatic carboxylic acids is 1. The quantitative estimate of drug-likeness (QED) is 0.665. The molecule has 0 aliphatic carbocycles. The summed E-state index contributed by atoms with van der Waals surface area (Å²) < 4.78 is 0. The van der Waals surface area contributed by atoms with Gasteiger partial charge in [-0.15, -0.1) is 0 Å². The van der Waals surface area contributed by atoms with Gasteiger partial charge < -0.3 is 5.11 Å². The van der Waals surface area contributed by atoms with E-state index in [0.717, 1.165) is 5.56 Å². The third-order valence-electron chi connectivity index (χ3n) is 4.05. The van der Waals surface area contributed by atoms with E-state index in [4.69, 9.17) is 11.6 Å². The molecule has 0 fully saturated rings. The second kappa shape index (κ2) is 5.91. The number of fused-ring (bicyclic) bond motifs is 1. The van der Waals surface area contributed by atoms with Crippen LogP contribution in [0, 0.1) is 0 Å². The summed E-state index contributed by atoms with van der Waals surface area (Å²) in [6.45, 7) is 6.47. The Labute approximate surface area is 145 Å². The molecule has 1 heterocycles. The molecular weight excluding hydrogens is 322 g/mol. The maximum atomic E-state index is 11.6. The minimum Gasteiger partial charge on any atom is -0.478 e. The summed E-state index contributed by atoms with van der Waals surface area (Å²) in [5.74, 6) is -0.989. The van der Waals surface area contributed by atoms with Crippen LogP contribution in [0.4, 0.5) is 0 Å². The molecule has 0 unspecified atom stereocenters. The molecule has 3 aromatic rings. The van der Waals surface area contributed by atoms with E-state index in [1.165, 1.54) is 5.56 Å². The second-order valence-electron chi connectivity index (χ2n) is 6.85. The molecule has 4 heteroatoms. The molecule has 0 atom stereocenters. The molecule has 122 valence electrons. The van der Waals surface area contributed by atoms with Gasteiger partial charge in [0, 0.05) is 16.0 Å². The maximum absolute atomic E-state index is 11.6. The first-order valence-electron chi connectivity index (χ1n) is 7.70. The Balaban J connectivity index is 2.16. The molecule has 0 aliphatic heterocycles. The van der Waals surface area contributed by atoms with Crippen LogP contribution in [0.2, 0.25) is 5.02 Å². The Morgan fingerprint density at radius 1 is 1.04 bits per heavy atom. The van der Waals surface area contributed by atoms with Crippen LogP contribution < -0.4 is 0 Å². The predicted molar refractivity (Wildman–Crippen MR) is 97.8 cm³/mol. The van der Waals surface area contributed by atoms with E-state index in [1.807, 2.05) is 12.1 Å². The Morgan fingerprint density at radius 3 is 2.29 bits per heavy atom. The smallest absolute Gasteiger partial charge is 0.336 e. The van der Waals surface area contributed by atoms with E-state index in [-0.39, 0.29) is 11.0 Å². The van der Waals surface area contributed by atoms with Gasteiger partial charge in [0.05, 0.1) is 16.8 Å². The van der Waals surface area contributed by atoms with Crippen molar-refractivity contribution in [3.63, 3.8) is 0 Å². The number of carbonyl (C=O) groups is 1. The zero-order valence-electron chi connectivity index (χ0n) is 13.8. The largest absolute Gasteiger partial charge is 0.478 e. The number of aromatic nitrogens is 1. The predicted octanol–water partition coefficient (Wildman–Crippen LogP) is 5.55. The molecule has 24 heavy (non-hydrogen) atoms. The van der Waals surface area contributed by atoms with Crippen LogP contribution in [-0.4, -0.2) is 16.1 Å². The lowest BCUT2D eigenvalue weighted by Gasteiger charge is -2.19. The molecule has 1 N–H and O–H groups in total. The van der Waals surface area contributed by atoms with E-state index in [9.17, 15) is 9.90 Å². The Hall–Kier alpha value is -2.39. The molecule has 3 nitrogen and oxygen atoms in total. The number of carboxylic acids is 1. The molecule has 0 radical (unpaired) electrons. The molecular formula is C20H18ClNO2. The number of benzene rings is 2. The van der Waals surface area contributed by atoms with Crippen LogP contribution in [0.15, 0.2) is 48.5 Å². The third-order valence-corrected chi connectivity index (χ3v) is 4.28. The summed E-state index contributed by atoms with van der Waals surface area (Å²) in [4.78, 5) is 16.2. The standard InChI is InChI=1S/C20H18ClNO2/c1-20(2,3)13-6-4-12(5-7-13)18-11-16(19(23)24)15-10-14(21)8-9-17(15)22-18/h4-11H,1-3H3,(H,23,24). The Bertz CT molecular complexity index is 925. The van der Waals surface area contributed by atoms with Crippen molar-refractivity contribution in [1.82, 2.24) is 4.98 Å². The highest BCUT2D eigenvalue weighted by molar-refractivity contribution is 6.31. The average molecular weight is 340 g/mol. The van der Waals surface area contributed by atoms with Crippen LogP contribution in [0.1, 0.15) is 36.7 Å². The number of rotatable bonds is 2. The van der Waals surface area contributed by atoms with Crippen molar-refractivity contribution in [3.8, 4) is 11.3 Å². The van der Waals surface area contributed by atoms with Crippen molar-refractivity contribution in [1.29, 1.82) is 0 Å². The molecule has 2 aromatic carbocycles. The minimum absolute atomic E-state index is 0.0678. The van der Waals surface area contributed by atoms with Gasteiger partial charge in [-0.25, -0.2) is 9.78 Å². The van der Waals surface area contributed by atoms with Gasteiger partial charge in [0.1, 0.15) is 0 Å². The third kappa shape index (κ3) is 3.13. The van der Waals surface area contributed by atoms with Crippen LogP contribution >= 0.6 is 11.6 Å². The number of hydrogen-bond acceptors (Lipinski definition) is 2. The minimum atomic E-state index is -0.989.